The second-order valence-electron chi connectivity index (χ2n) is 16.4. The third kappa shape index (κ3) is 8.18. The van der Waals surface area contributed by atoms with Crippen LogP contribution in [0.4, 0.5) is 0 Å². The van der Waals surface area contributed by atoms with Crippen molar-refractivity contribution in [1.82, 2.24) is 0 Å². The number of carbonyl (C=O) groups is 2. The quantitative estimate of drug-likeness (QED) is 0.0712. The number of hydrogen-bond donors (Lipinski definition) is 7. The lowest BCUT2D eigenvalue weighted by Gasteiger charge is -2.54. The summed E-state index contributed by atoms with van der Waals surface area (Å²) in [6, 6.07) is 11.6. The predicted molar refractivity (Wildman–Crippen MR) is 218 cm³/mol. The van der Waals surface area contributed by atoms with Crippen LogP contribution < -0.4 is 4.74 Å². The molecule has 58 heavy (non-hydrogen) atoms. The molecule has 3 aromatic carbocycles. The van der Waals surface area contributed by atoms with Crippen LogP contribution in [0, 0.1) is 30.1 Å². The molecule has 1 spiro atoms. The highest BCUT2D eigenvalue weighted by Gasteiger charge is 2.59. The van der Waals surface area contributed by atoms with Crippen molar-refractivity contribution in [2.45, 2.75) is 94.9 Å². The minimum atomic E-state index is -1.78. The Morgan fingerprint density at radius 2 is 1.78 bits per heavy atom. The van der Waals surface area contributed by atoms with Crippen molar-refractivity contribution < 1.29 is 64.3 Å². The van der Waals surface area contributed by atoms with Gasteiger partial charge in [0.25, 0.3) is 0 Å². The number of rotatable bonds is 11. The number of benzene rings is 3. The number of aryl methyl sites for hydroxylation is 1. The molecule has 0 aromatic heterocycles. The van der Waals surface area contributed by atoms with E-state index in [4.69, 9.17) is 18.9 Å². The van der Waals surface area contributed by atoms with Gasteiger partial charge in [0.2, 0.25) is 6.29 Å². The van der Waals surface area contributed by atoms with Gasteiger partial charge in [-0.15, -0.1) is 0 Å². The molecule has 3 aliphatic heterocycles. The summed E-state index contributed by atoms with van der Waals surface area (Å²) < 4.78 is 25.2. The van der Waals surface area contributed by atoms with E-state index in [1.54, 1.807) is 10.8 Å². The molecular weight excluding hydrogens is 789 g/mol. The molecule has 4 fully saturated rings. The maximum absolute atomic E-state index is 13.6. The minimum absolute atomic E-state index is 0.000139. The number of Topliss-reactive ketones (excluding diaryl/α,β-unsaturated/α-hetero) is 1. The van der Waals surface area contributed by atoms with Gasteiger partial charge in [0, 0.05) is 41.8 Å². The summed E-state index contributed by atoms with van der Waals surface area (Å²) >= 11 is 0. The molecule has 13 nitrogen and oxygen atoms in total. The second-order valence-corrected chi connectivity index (χ2v) is 18.8. The maximum atomic E-state index is 13.6. The number of carboxylic acid groups (broad SMARTS) is 1. The van der Waals surface area contributed by atoms with Gasteiger partial charge < -0.3 is 54.7 Å². The molecule has 3 aromatic rings. The van der Waals surface area contributed by atoms with E-state index in [0.717, 1.165) is 49.1 Å². The highest BCUT2D eigenvalue weighted by Crippen LogP contribution is 2.56. The highest BCUT2D eigenvalue weighted by molar-refractivity contribution is 8.76. The Morgan fingerprint density at radius 1 is 1.00 bits per heavy atom. The largest absolute Gasteiger partial charge is 0.507 e. The van der Waals surface area contributed by atoms with Gasteiger partial charge in [-0.3, -0.25) is 4.79 Å². The van der Waals surface area contributed by atoms with E-state index in [1.807, 2.05) is 30.3 Å². The number of aliphatic hydroxyl groups is 4. The first-order chi connectivity index (χ1) is 27.9. The molecule has 3 saturated heterocycles. The normalized spacial score (nSPS) is 31.6. The summed E-state index contributed by atoms with van der Waals surface area (Å²) in [7, 11) is 3.11. The Morgan fingerprint density at radius 3 is 2.52 bits per heavy atom. The molecule has 1 saturated carbocycles. The van der Waals surface area contributed by atoms with Crippen molar-refractivity contribution >= 4 is 44.1 Å². The van der Waals surface area contributed by atoms with Gasteiger partial charge >= 0.3 is 5.97 Å². The molecule has 7 N–H and O–H groups in total. The van der Waals surface area contributed by atoms with Gasteiger partial charge in [0.1, 0.15) is 47.1 Å². The summed E-state index contributed by atoms with van der Waals surface area (Å²) in [6.07, 6.45) is -0.560. The molecule has 3 heterocycles. The van der Waals surface area contributed by atoms with Crippen LogP contribution in [0.15, 0.2) is 42.5 Å². The number of aliphatic hydroxyl groups excluding tert-OH is 4. The van der Waals surface area contributed by atoms with Crippen molar-refractivity contribution in [3.63, 3.8) is 0 Å². The molecule has 0 bridgehead atoms. The number of hydrogen-bond acceptors (Lipinski definition) is 14. The first-order valence-electron chi connectivity index (χ1n) is 20.1. The van der Waals surface area contributed by atoms with Crippen molar-refractivity contribution in [2.75, 3.05) is 38.1 Å². The smallest absolute Gasteiger partial charge is 0.335 e. The van der Waals surface area contributed by atoms with Crippen LogP contribution in [0.5, 0.6) is 17.2 Å². The van der Waals surface area contributed by atoms with E-state index in [2.05, 4.69) is 0 Å². The first-order valence-corrected chi connectivity index (χ1v) is 22.6. The van der Waals surface area contributed by atoms with E-state index < -0.39 is 60.1 Å². The van der Waals surface area contributed by atoms with Crippen molar-refractivity contribution in [2.24, 2.45) is 23.2 Å². The summed E-state index contributed by atoms with van der Waals surface area (Å²) in [6.45, 7) is 2.23. The number of ether oxygens (including phenoxy) is 4. The van der Waals surface area contributed by atoms with Crippen molar-refractivity contribution in [3.05, 3.63) is 64.7 Å². The molecule has 0 amide bonds. The van der Waals surface area contributed by atoms with Gasteiger partial charge in [0.15, 0.2) is 5.78 Å². The zero-order valence-electron chi connectivity index (χ0n) is 32.6. The van der Waals surface area contributed by atoms with E-state index in [9.17, 15) is 45.3 Å². The number of carbonyl (C=O) groups excluding carboxylic acids is 1. The topological polar surface area (TPSA) is 213 Å². The molecule has 316 valence electrons. The van der Waals surface area contributed by atoms with Gasteiger partial charge in [-0.25, -0.2) is 4.79 Å². The van der Waals surface area contributed by atoms with Crippen LogP contribution in [-0.2, 0) is 20.6 Å². The van der Waals surface area contributed by atoms with Crippen LogP contribution in [-0.4, -0.2) is 116 Å². The maximum Gasteiger partial charge on any atom is 0.335 e. The second kappa shape index (κ2) is 18.2. The van der Waals surface area contributed by atoms with Crippen LogP contribution >= 0.6 is 21.6 Å². The summed E-state index contributed by atoms with van der Waals surface area (Å²) in [5.74, 6) is -1.34. The Balaban J connectivity index is 1.20. The molecule has 4 aliphatic rings. The highest BCUT2D eigenvalue weighted by atomic mass is 33.1. The lowest BCUT2D eigenvalue weighted by Crippen LogP contribution is -2.69. The standard InChI is InChI=1S/C43H54O13S2/c1-24-33(30(46)12-11-25-7-3-2-4-8-25)37(48)34-29(36(24)47)17-28(40(51)52)18-31(34)55-41-38(49)39(50)43(32(19-45)56-41)15-13-26-9-5-10-27-20-53-21-42(35(26)27,14-6-16-44)22-57-58-23-54-43/h2-4,7-8,17-18,26-27,32,35,38-39,41,44-45,47-50H,5-6,9-16,19-23H2,1H3,(H,51,52). The molecule has 1 aliphatic carbocycles. The number of aromatic hydroxyl groups is 2. The summed E-state index contributed by atoms with van der Waals surface area (Å²) in [5, 5.41) is 77.5. The first kappa shape index (κ1) is 43.0. The van der Waals surface area contributed by atoms with Crippen molar-refractivity contribution in [3.8, 4) is 17.2 Å². The molecule has 15 heteroatoms. The Hall–Kier alpha value is -3.12. The van der Waals surface area contributed by atoms with E-state index in [-0.39, 0.29) is 69.9 Å². The third-order valence-electron chi connectivity index (χ3n) is 13.1. The third-order valence-corrected chi connectivity index (χ3v) is 15.3. The lowest BCUT2D eigenvalue weighted by molar-refractivity contribution is -0.323. The zero-order valence-corrected chi connectivity index (χ0v) is 34.2. The fourth-order valence-corrected chi connectivity index (χ4v) is 12.6. The summed E-state index contributed by atoms with van der Waals surface area (Å²) in [4.78, 5) is 26.0. The fraction of sp³-hybridized carbons (Fsp3) is 0.581. The monoisotopic (exact) mass is 842 g/mol. The molecule has 9 unspecified atom stereocenters. The number of aromatic carboxylic acids is 1. The number of phenolic OH excluding ortho intramolecular Hbond substituents is 2. The lowest BCUT2D eigenvalue weighted by atomic mass is 9.56. The van der Waals surface area contributed by atoms with Crippen LogP contribution in [0.2, 0.25) is 0 Å². The predicted octanol–water partition coefficient (Wildman–Crippen LogP) is 5.60. The Labute approximate surface area is 345 Å². The van der Waals surface area contributed by atoms with E-state index >= 15 is 0 Å². The zero-order chi connectivity index (χ0) is 41.2. The fourth-order valence-electron chi connectivity index (χ4n) is 10.2. The number of carboxylic acids is 1. The van der Waals surface area contributed by atoms with Gasteiger partial charge in [-0.05, 0) is 80.9 Å². The van der Waals surface area contributed by atoms with Crippen LogP contribution in [0.25, 0.3) is 10.8 Å². The SMILES string of the molecule is Cc1c(C(=O)CCc2ccccc2)c(O)c2c(OC3OC(CO)C4(CCC5CCCC6COCC(CCCO)(CSSCO4)C56)C(O)C3O)cc(C(=O)O)cc2c1O. The average molecular weight is 843 g/mol. The Kier molecular flexibility index (Phi) is 13.5. The Bertz CT molecular complexity index is 1940. The number of fused-ring (bicyclic) bond motifs is 1. The number of ketones is 1. The van der Waals surface area contributed by atoms with E-state index in [0.29, 0.717) is 44.3 Å². The molecule has 9 atom stereocenters. The summed E-state index contributed by atoms with van der Waals surface area (Å²) in [5.41, 5.74) is -1.23. The van der Waals surface area contributed by atoms with Gasteiger partial charge in [-0.2, -0.15) is 0 Å². The van der Waals surface area contributed by atoms with Crippen LogP contribution in [0.3, 0.4) is 0 Å². The van der Waals surface area contributed by atoms with Gasteiger partial charge in [0.05, 0.1) is 29.7 Å². The minimum Gasteiger partial charge on any atom is -0.507 e. The average Bonchev–Trinajstić information content (AvgIpc) is 3.26. The van der Waals surface area contributed by atoms with Gasteiger partial charge in [-0.1, -0.05) is 64.8 Å². The molecule has 7 rings (SSSR count). The molecule has 0 radical (unpaired) electrons. The van der Waals surface area contributed by atoms with Crippen molar-refractivity contribution in [1.29, 1.82) is 0 Å². The molecular formula is C43H54O13S2. The van der Waals surface area contributed by atoms with E-state index in [1.165, 1.54) is 17.7 Å². The number of phenols is 2. The van der Waals surface area contributed by atoms with Crippen LogP contribution in [0.1, 0.15) is 83.2 Å².